The van der Waals surface area contributed by atoms with Crippen LogP contribution in [0, 0.1) is 23.7 Å². The van der Waals surface area contributed by atoms with Crippen LogP contribution < -0.4 is 29.7 Å². The molecule has 2 saturated carbocycles. The van der Waals surface area contributed by atoms with E-state index in [-0.39, 0.29) is 31.2 Å². The molecular formula is C42H58F3N7O9S. The lowest BCUT2D eigenvalue weighted by Gasteiger charge is -2.33. The van der Waals surface area contributed by atoms with Crippen molar-refractivity contribution in [3.8, 4) is 11.6 Å². The van der Waals surface area contributed by atoms with E-state index in [1.165, 1.54) is 12.0 Å². The Bertz CT molecular complexity index is 2240. The Labute approximate surface area is 360 Å². The topological polar surface area (TPSA) is 198 Å². The van der Waals surface area contributed by atoms with Crippen molar-refractivity contribution in [2.24, 2.45) is 23.7 Å². The number of hydrogen-bond acceptors (Lipinski definition) is 12. The monoisotopic (exact) mass is 893 g/mol. The van der Waals surface area contributed by atoms with E-state index in [9.17, 15) is 36.0 Å². The van der Waals surface area contributed by atoms with Gasteiger partial charge in [-0.1, -0.05) is 26.0 Å². The molecule has 0 spiro atoms. The number of halogens is 3. The SMILES string of the molecule is COc1ccc2c(OC3(C)CC4C(=O)NC5(C(=O)NS(=O)(=O)C6(C)CC6)CC5C=CCCC(C)CC(C)C(CNC(=O)OC(C)(C)C(F)(F)F)C(=O)N4C3)nc(N(C)C)nc2c1. The van der Waals surface area contributed by atoms with Crippen molar-refractivity contribution in [3.05, 3.63) is 30.4 Å². The number of anilines is 1. The van der Waals surface area contributed by atoms with Crippen molar-refractivity contribution >= 4 is 50.7 Å². The molecule has 1 saturated heterocycles. The number of methoxy groups -OCH3 is 1. The number of hydrogen-bond donors (Lipinski definition) is 3. The largest absolute Gasteiger partial charge is 0.497 e. The molecule has 3 fully saturated rings. The number of alkyl halides is 3. The van der Waals surface area contributed by atoms with Gasteiger partial charge >= 0.3 is 12.3 Å². The number of alkyl carbamates (subject to hydrolysis) is 1. The standard InChI is InChI=1S/C42H58F3N7O9S/c1-24-12-10-11-13-26-20-41(26,35(55)50-62(57,58)40(6)16-17-40)49-32(53)31-21-39(5,60-33-28-15-14-27(59-9)19-30(28)47-36(48-33)51(7)8)23-52(31)34(54)29(25(2)18-24)22-46-37(56)61-38(3,4)42(43,44)45/h11,13-15,19,24-26,29,31H,10,12,16-18,20-23H2,1-9H3,(H,46,56)(H,49,53)(H,50,55). The van der Waals surface area contributed by atoms with Crippen LogP contribution in [0.4, 0.5) is 23.9 Å². The highest BCUT2D eigenvalue weighted by atomic mass is 32.2. The number of carbonyl (C=O) groups is 4. The van der Waals surface area contributed by atoms with Gasteiger partial charge in [0.2, 0.25) is 39.3 Å². The van der Waals surface area contributed by atoms with Gasteiger partial charge in [0.1, 0.15) is 22.9 Å². The third kappa shape index (κ3) is 9.54. The van der Waals surface area contributed by atoms with Gasteiger partial charge in [0.25, 0.3) is 5.91 Å². The molecule has 2 aromatic rings. The third-order valence-corrected chi connectivity index (χ3v) is 14.9. The van der Waals surface area contributed by atoms with Gasteiger partial charge in [-0.25, -0.2) is 18.2 Å². The van der Waals surface area contributed by atoms with E-state index in [2.05, 4.69) is 25.3 Å². The third-order valence-electron chi connectivity index (χ3n) is 12.8. The summed E-state index contributed by atoms with van der Waals surface area (Å²) in [7, 11) is 0.936. The van der Waals surface area contributed by atoms with E-state index in [1.54, 1.807) is 58.0 Å². The lowest BCUT2D eigenvalue weighted by molar-refractivity contribution is -0.243. The first kappa shape index (κ1) is 46.6. The van der Waals surface area contributed by atoms with Crippen LogP contribution in [0.2, 0.25) is 0 Å². The van der Waals surface area contributed by atoms with Crippen molar-refractivity contribution < 1.29 is 55.0 Å². The average Bonchev–Trinajstić information content (AvgIpc) is 4.07. The molecule has 7 atom stereocenters. The Morgan fingerprint density at radius 3 is 2.40 bits per heavy atom. The molecule has 1 aromatic heterocycles. The normalized spacial score (nSPS) is 29.0. The lowest BCUT2D eigenvalue weighted by Crippen LogP contribution is -2.58. The van der Waals surface area contributed by atoms with Crippen LogP contribution in [0.15, 0.2) is 30.4 Å². The number of rotatable bonds is 10. The number of fused-ring (bicyclic) bond motifs is 3. The maximum Gasteiger partial charge on any atom is 0.427 e. The molecule has 3 N–H and O–H groups in total. The van der Waals surface area contributed by atoms with Gasteiger partial charge in [-0.05, 0) is 90.2 Å². The molecule has 20 heteroatoms. The van der Waals surface area contributed by atoms with Crippen molar-refractivity contribution in [1.82, 2.24) is 30.2 Å². The molecule has 7 unspecified atom stereocenters. The van der Waals surface area contributed by atoms with Gasteiger partial charge in [0.15, 0.2) is 0 Å². The van der Waals surface area contributed by atoms with Crippen molar-refractivity contribution in [1.29, 1.82) is 0 Å². The number of allylic oxidation sites excluding steroid dienone is 1. The zero-order valence-corrected chi connectivity index (χ0v) is 37.5. The Hall–Kier alpha value is -4.88. The van der Waals surface area contributed by atoms with Gasteiger partial charge in [-0.15, -0.1) is 0 Å². The van der Waals surface area contributed by atoms with Crippen LogP contribution >= 0.6 is 0 Å². The predicted molar refractivity (Wildman–Crippen MR) is 223 cm³/mol. The minimum absolute atomic E-state index is 0.0289. The smallest absolute Gasteiger partial charge is 0.427 e. The summed E-state index contributed by atoms with van der Waals surface area (Å²) in [5.41, 5.74) is -5.29. The van der Waals surface area contributed by atoms with Crippen LogP contribution in [-0.4, -0.2) is 115 Å². The highest BCUT2D eigenvalue weighted by molar-refractivity contribution is 7.91. The van der Waals surface area contributed by atoms with E-state index in [0.29, 0.717) is 68.6 Å². The number of nitrogens with one attached hydrogen (secondary N) is 3. The summed E-state index contributed by atoms with van der Waals surface area (Å²) < 4.78 is 85.5. The number of nitrogens with zero attached hydrogens (tertiary/aromatic N) is 4. The van der Waals surface area contributed by atoms with Crippen LogP contribution in [0.3, 0.4) is 0 Å². The molecule has 0 bridgehead atoms. The first-order valence-corrected chi connectivity index (χ1v) is 22.3. The Kier molecular flexibility index (Phi) is 12.5. The van der Waals surface area contributed by atoms with Gasteiger partial charge < -0.3 is 34.6 Å². The number of aromatic nitrogens is 2. The predicted octanol–water partition coefficient (Wildman–Crippen LogP) is 5.01. The van der Waals surface area contributed by atoms with E-state index >= 15 is 4.79 Å². The Morgan fingerprint density at radius 2 is 1.77 bits per heavy atom. The molecule has 4 aliphatic rings. The van der Waals surface area contributed by atoms with Crippen molar-refractivity contribution in [2.45, 2.75) is 120 Å². The second kappa shape index (κ2) is 16.7. The number of amides is 4. The van der Waals surface area contributed by atoms with Gasteiger partial charge in [-0.3, -0.25) is 19.1 Å². The molecule has 342 valence electrons. The molecule has 62 heavy (non-hydrogen) atoms. The fourth-order valence-corrected chi connectivity index (χ4v) is 9.50. The van der Waals surface area contributed by atoms with Crippen LogP contribution in [0.5, 0.6) is 11.6 Å². The first-order chi connectivity index (χ1) is 28.7. The number of sulfonamides is 1. The zero-order valence-electron chi connectivity index (χ0n) is 36.6. The summed E-state index contributed by atoms with van der Waals surface area (Å²) in [5.74, 6) is -3.26. The Balaban J connectivity index is 1.38. The molecular weight excluding hydrogens is 836 g/mol. The number of benzene rings is 1. The minimum atomic E-state index is -4.87. The first-order valence-electron chi connectivity index (χ1n) is 20.9. The molecule has 16 nitrogen and oxygen atoms in total. The van der Waals surface area contributed by atoms with Gasteiger partial charge in [0.05, 0.1) is 35.2 Å². The van der Waals surface area contributed by atoms with Crippen LogP contribution in [-0.2, 0) is 29.1 Å². The molecule has 6 rings (SSSR count). The van der Waals surface area contributed by atoms with Crippen LogP contribution in [0.1, 0.15) is 86.5 Å². The Morgan fingerprint density at radius 1 is 1.08 bits per heavy atom. The molecule has 0 radical (unpaired) electrons. The highest BCUT2D eigenvalue weighted by Gasteiger charge is 2.63. The molecule has 4 amide bonds. The summed E-state index contributed by atoms with van der Waals surface area (Å²) >= 11 is 0. The van der Waals surface area contributed by atoms with Crippen molar-refractivity contribution in [3.63, 3.8) is 0 Å². The fraction of sp³-hybridized carbons (Fsp3) is 0.667. The summed E-state index contributed by atoms with van der Waals surface area (Å²) in [5, 5.41) is 5.75. The second-order valence-corrected chi connectivity index (χ2v) is 20.9. The molecule has 2 aliphatic carbocycles. The summed E-state index contributed by atoms with van der Waals surface area (Å²) in [4.78, 5) is 69.0. The zero-order chi connectivity index (χ0) is 45.8. The summed E-state index contributed by atoms with van der Waals surface area (Å²) in [6.07, 6.45) is -0.0820. The maximum absolute atomic E-state index is 15.1. The number of ether oxygens (including phenoxy) is 3. The highest BCUT2D eigenvalue weighted by Crippen LogP contribution is 2.48. The van der Waals surface area contributed by atoms with Gasteiger partial charge in [-0.2, -0.15) is 18.2 Å². The van der Waals surface area contributed by atoms with E-state index in [1.807, 2.05) is 19.1 Å². The minimum Gasteiger partial charge on any atom is -0.497 e. The quantitative estimate of drug-likeness (QED) is 0.270. The van der Waals surface area contributed by atoms with Crippen LogP contribution in [0.25, 0.3) is 10.9 Å². The fourth-order valence-electron chi connectivity index (χ4n) is 8.19. The molecule has 3 heterocycles. The average molecular weight is 894 g/mol. The number of carbonyl (C=O) groups excluding carboxylic acids is 4. The van der Waals surface area contributed by atoms with E-state index in [0.717, 1.165) is 0 Å². The molecule has 1 aromatic carbocycles. The van der Waals surface area contributed by atoms with Crippen molar-refractivity contribution in [2.75, 3.05) is 39.2 Å². The van der Waals surface area contributed by atoms with E-state index < -0.39 is 91.8 Å². The lowest BCUT2D eigenvalue weighted by atomic mass is 9.83. The molecule has 2 aliphatic heterocycles. The second-order valence-electron chi connectivity index (χ2n) is 18.7. The van der Waals surface area contributed by atoms with E-state index in [4.69, 9.17) is 14.2 Å². The summed E-state index contributed by atoms with van der Waals surface area (Å²) in [6, 6.07) is 3.85. The summed E-state index contributed by atoms with van der Waals surface area (Å²) in [6.45, 7) is 7.87. The van der Waals surface area contributed by atoms with Gasteiger partial charge in [0, 0.05) is 39.0 Å². The maximum atomic E-state index is 15.1.